The molecule has 1 heterocycles. The summed E-state index contributed by atoms with van der Waals surface area (Å²) in [5.74, 6) is 0.458. The first-order valence-corrected chi connectivity index (χ1v) is 8.99. The van der Waals surface area contributed by atoms with Gasteiger partial charge >= 0.3 is 6.18 Å². The van der Waals surface area contributed by atoms with Crippen molar-refractivity contribution < 1.29 is 22.6 Å². The number of guanidine groups is 1. The van der Waals surface area contributed by atoms with Crippen molar-refractivity contribution in [2.45, 2.75) is 19.6 Å². The fourth-order valence-electron chi connectivity index (χ4n) is 2.76. The van der Waals surface area contributed by atoms with E-state index in [0.29, 0.717) is 57.6 Å². The molecule has 1 aliphatic rings. The van der Waals surface area contributed by atoms with Crippen LogP contribution in [0.15, 0.2) is 23.2 Å². The number of methoxy groups -OCH3 is 1. The number of rotatable bonds is 7. The van der Waals surface area contributed by atoms with Crippen molar-refractivity contribution in [3.63, 3.8) is 0 Å². The van der Waals surface area contributed by atoms with Crippen LogP contribution >= 0.6 is 0 Å². The van der Waals surface area contributed by atoms with Gasteiger partial charge in [0.2, 0.25) is 0 Å². The molecule has 1 fully saturated rings. The third-order valence-corrected chi connectivity index (χ3v) is 4.13. The molecule has 0 bridgehead atoms. The Morgan fingerprint density at radius 2 is 2.00 bits per heavy atom. The zero-order valence-corrected chi connectivity index (χ0v) is 15.7. The first-order chi connectivity index (χ1) is 13.0. The van der Waals surface area contributed by atoms with Crippen molar-refractivity contribution in [3.8, 4) is 0 Å². The number of hydrogen-bond acceptors (Lipinski definition) is 4. The molecule has 2 rings (SSSR count). The van der Waals surface area contributed by atoms with Crippen LogP contribution in [-0.4, -0.2) is 59.1 Å². The fraction of sp³-hybridized carbons (Fsp3) is 0.611. The number of aliphatic imine (C=N–C) groups is 1. The Bertz CT molecular complexity index is 617. The molecule has 0 radical (unpaired) electrons. The topological polar surface area (TPSA) is 58.1 Å². The smallest absolute Gasteiger partial charge is 0.383 e. The molecular weight excluding hydrogens is 361 g/mol. The van der Waals surface area contributed by atoms with Crippen molar-refractivity contribution >= 4 is 11.6 Å². The second kappa shape index (κ2) is 10.4. The van der Waals surface area contributed by atoms with Crippen molar-refractivity contribution in [1.82, 2.24) is 10.6 Å². The first-order valence-electron chi connectivity index (χ1n) is 8.99. The first kappa shape index (κ1) is 21.3. The molecule has 0 aliphatic carbocycles. The van der Waals surface area contributed by atoms with Crippen LogP contribution in [0.2, 0.25) is 0 Å². The average Bonchev–Trinajstić information content (AvgIpc) is 2.66. The summed E-state index contributed by atoms with van der Waals surface area (Å²) in [6, 6.07) is 4.44. The monoisotopic (exact) mass is 388 g/mol. The summed E-state index contributed by atoms with van der Waals surface area (Å²) < 4.78 is 51.0. The summed E-state index contributed by atoms with van der Waals surface area (Å²) in [5.41, 5.74) is 0.0508. The SMILES string of the molecule is CCNC(=NCc1ccc(N2CCOCC2)cc1C(F)(F)F)NCCOC. The standard InChI is InChI=1S/C18H27F3N4O2/c1-3-22-17(23-6-9-26-2)24-13-14-4-5-15(12-16(14)18(19,20)21)25-7-10-27-11-8-25/h4-5,12H,3,6-11,13H2,1-2H3,(H2,22,23,24). The van der Waals surface area contributed by atoms with Gasteiger partial charge in [0.15, 0.2) is 5.96 Å². The molecule has 6 nitrogen and oxygen atoms in total. The Kier molecular flexibility index (Phi) is 8.18. The minimum absolute atomic E-state index is 0.0689. The normalized spacial score (nSPS) is 15.7. The van der Waals surface area contributed by atoms with Crippen LogP contribution in [0.3, 0.4) is 0 Å². The van der Waals surface area contributed by atoms with Gasteiger partial charge in [-0.1, -0.05) is 6.07 Å². The predicted octanol–water partition coefficient (Wildman–Crippen LogP) is 2.24. The van der Waals surface area contributed by atoms with Gasteiger partial charge in [-0.2, -0.15) is 13.2 Å². The fourth-order valence-corrected chi connectivity index (χ4v) is 2.76. The van der Waals surface area contributed by atoms with Crippen LogP contribution in [0, 0.1) is 0 Å². The maximum absolute atomic E-state index is 13.6. The van der Waals surface area contributed by atoms with E-state index in [9.17, 15) is 13.2 Å². The molecule has 152 valence electrons. The van der Waals surface area contributed by atoms with E-state index >= 15 is 0 Å². The molecule has 0 atom stereocenters. The van der Waals surface area contributed by atoms with Crippen molar-refractivity contribution in [2.24, 2.45) is 4.99 Å². The van der Waals surface area contributed by atoms with E-state index in [1.54, 1.807) is 13.2 Å². The Hall–Kier alpha value is -2.00. The Morgan fingerprint density at radius 1 is 1.26 bits per heavy atom. The molecule has 0 aromatic heterocycles. The summed E-state index contributed by atoms with van der Waals surface area (Å²) in [6.07, 6.45) is -4.44. The van der Waals surface area contributed by atoms with Crippen molar-refractivity contribution in [2.75, 3.05) is 58.0 Å². The van der Waals surface area contributed by atoms with E-state index < -0.39 is 11.7 Å². The highest BCUT2D eigenvalue weighted by Gasteiger charge is 2.34. The molecule has 2 N–H and O–H groups in total. The Morgan fingerprint density at radius 3 is 2.63 bits per heavy atom. The highest BCUT2D eigenvalue weighted by atomic mass is 19.4. The van der Waals surface area contributed by atoms with Crippen LogP contribution in [0.1, 0.15) is 18.1 Å². The molecule has 0 saturated carbocycles. The zero-order chi connectivity index (χ0) is 19.7. The van der Waals surface area contributed by atoms with Gasteiger partial charge in [0.25, 0.3) is 0 Å². The van der Waals surface area contributed by atoms with Gasteiger partial charge in [0.1, 0.15) is 0 Å². The summed E-state index contributed by atoms with van der Waals surface area (Å²) in [4.78, 5) is 6.18. The number of nitrogens with zero attached hydrogens (tertiary/aromatic N) is 2. The molecule has 0 unspecified atom stereocenters. The van der Waals surface area contributed by atoms with Gasteiger partial charge in [0, 0.05) is 39.0 Å². The van der Waals surface area contributed by atoms with Crippen molar-refractivity contribution in [3.05, 3.63) is 29.3 Å². The van der Waals surface area contributed by atoms with E-state index in [1.807, 2.05) is 11.8 Å². The maximum atomic E-state index is 13.6. The Balaban J connectivity index is 2.19. The number of anilines is 1. The molecule has 1 saturated heterocycles. The number of halogens is 3. The summed E-state index contributed by atoms with van der Waals surface area (Å²) in [5, 5.41) is 6.04. The Labute approximate surface area is 157 Å². The van der Waals surface area contributed by atoms with Crippen molar-refractivity contribution in [1.29, 1.82) is 0 Å². The molecule has 27 heavy (non-hydrogen) atoms. The lowest BCUT2D eigenvalue weighted by molar-refractivity contribution is -0.138. The third kappa shape index (κ3) is 6.59. The zero-order valence-electron chi connectivity index (χ0n) is 15.7. The van der Waals surface area contributed by atoms with Crippen LogP contribution in [-0.2, 0) is 22.2 Å². The van der Waals surface area contributed by atoms with Gasteiger partial charge in [-0.15, -0.1) is 0 Å². The van der Waals surface area contributed by atoms with Gasteiger partial charge in [-0.05, 0) is 24.6 Å². The molecular formula is C18H27F3N4O2. The second-order valence-electron chi connectivity index (χ2n) is 6.05. The van der Waals surface area contributed by atoms with Crippen LogP contribution in [0.4, 0.5) is 18.9 Å². The summed E-state index contributed by atoms with van der Waals surface area (Å²) in [6.45, 7) is 5.65. The van der Waals surface area contributed by atoms with Gasteiger partial charge in [-0.25, -0.2) is 4.99 Å². The lowest BCUT2D eigenvalue weighted by Gasteiger charge is -2.29. The molecule has 1 aliphatic heterocycles. The molecule has 1 aromatic rings. The van der Waals surface area contributed by atoms with Crippen LogP contribution in [0.25, 0.3) is 0 Å². The van der Waals surface area contributed by atoms with E-state index in [0.717, 1.165) is 0 Å². The van der Waals surface area contributed by atoms with E-state index in [2.05, 4.69) is 15.6 Å². The third-order valence-electron chi connectivity index (χ3n) is 4.13. The number of morpholine rings is 1. The molecule has 9 heteroatoms. The highest BCUT2D eigenvalue weighted by molar-refractivity contribution is 5.79. The number of nitrogens with one attached hydrogen (secondary N) is 2. The van der Waals surface area contributed by atoms with E-state index in [4.69, 9.17) is 9.47 Å². The lowest BCUT2D eigenvalue weighted by Crippen LogP contribution is -2.38. The van der Waals surface area contributed by atoms with Gasteiger partial charge in [-0.3, -0.25) is 0 Å². The number of alkyl halides is 3. The largest absolute Gasteiger partial charge is 0.416 e. The molecule has 0 spiro atoms. The number of ether oxygens (including phenoxy) is 2. The summed E-state index contributed by atoms with van der Waals surface area (Å²) in [7, 11) is 1.58. The average molecular weight is 388 g/mol. The number of benzene rings is 1. The highest BCUT2D eigenvalue weighted by Crippen LogP contribution is 2.35. The lowest BCUT2D eigenvalue weighted by atomic mass is 10.1. The minimum Gasteiger partial charge on any atom is -0.383 e. The number of hydrogen-bond donors (Lipinski definition) is 2. The minimum atomic E-state index is -4.44. The predicted molar refractivity (Wildman–Crippen MR) is 99.2 cm³/mol. The maximum Gasteiger partial charge on any atom is 0.416 e. The molecule has 1 aromatic carbocycles. The second-order valence-corrected chi connectivity index (χ2v) is 6.05. The van der Waals surface area contributed by atoms with E-state index in [-0.39, 0.29) is 12.1 Å². The van der Waals surface area contributed by atoms with Crippen LogP contribution in [0.5, 0.6) is 0 Å². The molecule has 0 amide bonds. The van der Waals surface area contributed by atoms with Gasteiger partial charge in [0.05, 0.1) is 31.9 Å². The van der Waals surface area contributed by atoms with E-state index in [1.165, 1.54) is 12.1 Å². The summed E-state index contributed by atoms with van der Waals surface area (Å²) >= 11 is 0. The van der Waals surface area contributed by atoms with Gasteiger partial charge < -0.3 is 25.0 Å². The quantitative estimate of drug-likeness (QED) is 0.426. The van der Waals surface area contributed by atoms with Crippen LogP contribution < -0.4 is 15.5 Å².